The number of nitrogens with one attached hydrogen (secondary N) is 2. The van der Waals surface area contributed by atoms with Crippen molar-refractivity contribution in [3.63, 3.8) is 0 Å². The molecular formula is C10H15FN4O3. The van der Waals surface area contributed by atoms with Crippen LogP contribution in [0, 0.1) is 5.82 Å². The number of aromatic nitrogens is 2. The summed E-state index contributed by atoms with van der Waals surface area (Å²) in [6.07, 6.45) is 3.12. The van der Waals surface area contributed by atoms with Crippen LogP contribution in [-0.4, -0.2) is 15.5 Å². The van der Waals surface area contributed by atoms with Gasteiger partial charge in [0.15, 0.2) is 0 Å². The molecule has 1 aromatic heterocycles. The number of amides is 1. The van der Waals surface area contributed by atoms with Gasteiger partial charge in [0.05, 0.1) is 6.20 Å². The number of nitrogens with two attached hydrogens (primary N) is 1. The number of rotatable bonds is 6. The third-order valence-electron chi connectivity index (χ3n) is 2.43. The zero-order chi connectivity index (χ0) is 13.5. The van der Waals surface area contributed by atoms with Crippen molar-refractivity contribution >= 4 is 5.91 Å². The van der Waals surface area contributed by atoms with E-state index in [1.165, 1.54) is 0 Å². The number of hydrazine groups is 1. The second kappa shape index (κ2) is 6.70. The SMILES string of the molecule is NNC(=O)CCCCCn1cc(F)c(=O)[nH]c1=O. The van der Waals surface area contributed by atoms with E-state index in [-0.39, 0.29) is 12.5 Å². The van der Waals surface area contributed by atoms with Crippen molar-refractivity contribution in [1.82, 2.24) is 15.0 Å². The van der Waals surface area contributed by atoms with Crippen LogP contribution in [0.1, 0.15) is 25.7 Å². The van der Waals surface area contributed by atoms with Gasteiger partial charge in [-0.1, -0.05) is 6.42 Å². The highest BCUT2D eigenvalue weighted by Crippen LogP contribution is 2.01. The standard InChI is InChI=1S/C10H15FN4O3/c11-7-6-15(10(18)13-9(7)17)5-3-1-2-4-8(16)14-12/h6H,1-5,12H2,(H,14,16)(H,13,17,18). The Morgan fingerprint density at radius 2 is 2.11 bits per heavy atom. The molecule has 0 aromatic carbocycles. The molecule has 0 aliphatic heterocycles. The Hall–Kier alpha value is -1.96. The molecule has 1 rings (SSSR count). The lowest BCUT2D eigenvalue weighted by atomic mass is 10.2. The van der Waals surface area contributed by atoms with E-state index in [9.17, 15) is 18.8 Å². The molecule has 0 spiro atoms. The number of H-pyrrole nitrogens is 1. The maximum absolute atomic E-state index is 12.9. The molecule has 0 aliphatic rings. The molecular weight excluding hydrogens is 243 g/mol. The predicted octanol–water partition coefficient (Wildman–Crippen LogP) is -0.774. The summed E-state index contributed by atoms with van der Waals surface area (Å²) in [6.45, 7) is 0.288. The first-order valence-corrected chi connectivity index (χ1v) is 5.53. The van der Waals surface area contributed by atoms with Crippen LogP contribution in [0.4, 0.5) is 4.39 Å². The minimum absolute atomic E-state index is 0.248. The van der Waals surface area contributed by atoms with Crippen LogP contribution in [0.2, 0.25) is 0 Å². The van der Waals surface area contributed by atoms with Gasteiger partial charge < -0.3 is 0 Å². The number of halogens is 1. The van der Waals surface area contributed by atoms with E-state index in [1.54, 1.807) is 0 Å². The molecule has 0 aliphatic carbocycles. The highest BCUT2D eigenvalue weighted by atomic mass is 19.1. The normalized spacial score (nSPS) is 10.3. The number of carbonyl (C=O) groups is 1. The third-order valence-corrected chi connectivity index (χ3v) is 2.43. The molecule has 1 amide bonds. The van der Waals surface area contributed by atoms with Crippen LogP contribution >= 0.6 is 0 Å². The Bertz CT molecular complexity index is 523. The van der Waals surface area contributed by atoms with Crippen LogP contribution in [0.5, 0.6) is 0 Å². The molecule has 100 valence electrons. The first-order chi connectivity index (χ1) is 8.54. The largest absolute Gasteiger partial charge is 0.328 e. The lowest BCUT2D eigenvalue weighted by molar-refractivity contribution is -0.121. The summed E-state index contributed by atoms with van der Waals surface area (Å²) >= 11 is 0. The number of unbranched alkanes of at least 4 members (excludes halogenated alkanes) is 2. The van der Waals surface area contributed by atoms with Crippen molar-refractivity contribution in [2.45, 2.75) is 32.2 Å². The summed E-state index contributed by atoms with van der Waals surface area (Å²) in [5.74, 6) is 3.67. The average Bonchev–Trinajstić information content (AvgIpc) is 2.34. The summed E-state index contributed by atoms with van der Waals surface area (Å²) in [5.41, 5.74) is 0.357. The molecule has 4 N–H and O–H groups in total. The smallest absolute Gasteiger partial charge is 0.298 e. The van der Waals surface area contributed by atoms with Crippen LogP contribution in [0.25, 0.3) is 0 Å². The molecule has 7 nitrogen and oxygen atoms in total. The van der Waals surface area contributed by atoms with E-state index < -0.39 is 17.1 Å². The monoisotopic (exact) mass is 258 g/mol. The lowest BCUT2D eigenvalue weighted by Crippen LogP contribution is -2.31. The van der Waals surface area contributed by atoms with Crippen LogP contribution in [-0.2, 0) is 11.3 Å². The van der Waals surface area contributed by atoms with E-state index in [1.807, 2.05) is 10.4 Å². The Balaban J connectivity index is 2.40. The summed E-state index contributed by atoms with van der Waals surface area (Å²) in [4.78, 5) is 34.7. The summed E-state index contributed by atoms with van der Waals surface area (Å²) in [5, 5.41) is 0. The van der Waals surface area contributed by atoms with Crippen LogP contribution < -0.4 is 22.5 Å². The number of carbonyl (C=O) groups excluding carboxylic acids is 1. The van der Waals surface area contributed by atoms with Crippen molar-refractivity contribution < 1.29 is 9.18 Å². The van der Waals surface area contributed by atoms with Crippen LogP contribution in [0.3, 0.4) is 0 Å². The minimum Gasteiger partial charge on any atom is -0.298 e. The van der Waals surface area contributed by atoms with Gasteiger partial charge in [-0.15, -0.1) is 0 Å². The maximum Gasteiger partial charge on any atom is 0.328 e. The average molecular weight is 258 g/mol. The van der Waals surface area contributed by atoms with Gasteiger partial charge in [-0.3, -0.25) is 24.6 Å². The first kappa shape index (κ1) is 14.1. The summed E-state index contributed by atoms with van der Waals surface area (Å²) in [6, 6.07) is 0. The van der Waals surface area contributed by atoms with Crippen molar-refractivity contribution in [1.29, 1.82) is 0 Å². The van der Waals surface area contributed by atoms with E-state index in [2.05, 4.69) is 0 Å². The first-order valence-electron chi connectivity index (χ1n) is 5.53. The van der Waals surface area contributed by atoms with Gasteiger partial charge in [-0.25, -0.2) is 10.6 Å². The molecule has 1 heterocycles. The lowest BCUT2D eigenvalue weighted by Gasteiger charge is -2.04. The summed E-state index contributed by atoms with van der Waals surface area (Å²) in [7, 11) is 0. The van der Waals surface area contributed by atoms with E-state index in [0.29, 0.717) is 25.7 Å². The molecule has 0 saturated carbocycles. The topological polar surface area (TPSA) is 110 Å². The second-order valence-corrected chi connectivity index (χ2v) is 3.81. The Labute approximate surface area is 102 Å². The van der Waals surface area contributed by atoms with Gasteiger partial charge in [0.25, 0.3) is 5.56 Å². The fraction of sp³-hybridized carbons (Fsp3) is 0.500. The maximum atomic E-state index is 12.9. The van der Waals surface area contributed by atoms with Crippen molar-refractivity contribution in [3.8, 4) is 0 Å². The number of nitrogens with zero attached hydrogens (tertiary/aromatic N) is 1. The Morgan fingerprint density at radius 1 is 1.39 bits per heavy atom. The fourth-order valence-electron chi connectivity index (χ4n) is 1.47. The highest BCUT2D eigenvalue weighted by Gasteiger charge is 2.03. The molecule has 0 radical (unpaired) electrons. The van der Waals surface area contributed by atoms with Crippen molar-refractivity contribution in [3.05, 3.63) is 32.9 Å². The molecule has 0 unspecified atom stereocenters. The van der Waals surface area contributed by atoms with Gasteiger partial charge in [0, 0.05) is 13.0 Å². The minimum atomic E-state index is -1.02. The van der Waals surface area contributed by atoms with Gasteiger partial charge in [-0.05, 0) is 12.8 Å². The summed E-state index contributed by atoms with van der Waals surface area (Å²) < 4.78 is 14.0. The number of hydrogen-bond acceptors (Lipinski definition) is 4. The van der Waals surface area contributed by atoms with Crippen LogP contribution in [0.15, 0.2) is 15.8 Å². The Morgan fingerprint density at radius 3 is 2.78 bits per heavy atom. The number of hydrogen-bond donors (Lipinski definition) is 3. The van der Waals surface area contributed by atoms with Gasteiger partial charge in [0.1, 0.15) is 0 Å². The highest BCUT2D eigenvalue weighted by molar-refractivity contribution is 5.74. The van der Waals surface area contributed by atoms with E-state index >= 15 is 0 Å². The molecule has 0 atom stereocenters. The zero-order valence-corrected chi connectivity index (χ0v) is 9.74. The molecule has 0 bridgehead atoms. The predicted molar refractivity (Wildman–Crippen MR) is 62.1 cm³/mol. The van der Waals surface area contributed by atoms with E-state index in [0.717, 1.165) is 10.8 Å². The molecule has 18 heavy (non-hydrogen) atoms. The zero-order valence-electron chi connectivity index (χ0n) is 9.74. The number of aromatic amines is 1. The molecule has 0 fully saturated rings. The quantitative estimate of drug-likeness (QED) is 0.269. The molecule has 1 aromatic rings. The van der Waals surface area contributed by atoms with Gasteiger partial charge in [-0.2, -0.15) is 4.39 Å². The second-order valence-electron chi connectivity index (χ2n) is 3.81. The third kappa shape index (κ3) is 4.13. The van der Waals surface area contributed by atoms with Crippen molar-refractivity contribution in [2.24, 2.45) is 5.84 Å². The van der Waals surface area contributed by atoms with Gasteiger partial charge >= 0.3 is 5.69 Å². The molecule has 0 saturated heterocycles. The fourth-order valence-corrected chi connectivity index (χ4v) is 1.47. The Kier molecular flexibility index (Phi) is 5.25. The molecule has 8 heteroatoms. The van der Waals surface area contributed by atoms with Gasteiger partial charge in [0.2, 0.25) is 11.7 Å². The number of aryl methyl sites for hydroxylation is 1. The van der Waals surface area contributed by atoms with Crippen molar-refractivity contribution in [2.75, 3.05) is 0 Å². The van der Waals surface area contributed by atoms with E-state index in [4.69, 9.17) is 5.84 Å².